The lowest BCUT2D eigenvalue weighted by atomic mass is 10.3. The molecule has 0 saturated heterocycles. The molecule has 0 aromatic carbocycles. The van der Waals surface area contributed by atoms with E-state index in [1.54, 1.807) is 6.92 Å². The minimum atomic E-state index is -0.225. The van der Waals surface area contributed by atoms with Crippen molar-refractivity contribution in [1.82, 2.24) is 0 Å². The van der Waals surface area contributed by atoms with Gasteiger partial charge in [0.1, 0.15) is 18.1 Å². The second-order valence-corrected chi connectivity index (χ2v) is 2.03. The van der Waals surface area contributed by atoms with Gasteiger partial charge in [-0.1, -0.05) is 0 Å². The van der Waals surface area contributed by atoms with Gasteiger partial charge in [0, 0.05) is 12.1 Å². The largest absolute Gasteiger partial charge is 0.464 e. The Labute approximate surface area is 57.9 Å². The second-order valence-electron chi connectivity index (χ2n) is 2.03. The molecule has 0 aliphatic heterocycles. The fourth-order valence-corrected chi connectivity index (χ4v) is 0.744. The molecule has 54 valence electrons. The summed E-state index contributed by atoms with van der Waals surface area (Å²) in [6.07, 6.45) is 0. The number of rotatable bonds is 1. The van der Waals surface area contributed by atoms with E-state index in [0.717, 1.165) is 0 Å². The highest BCUT2D eigenvalue weighted by molar-refractivity contribution is 5.04. The van der Waals surface area contributed by atoms with Gasteiger partial charge in [-0.25, -0.2) is 0 Å². The van der Waals surface area contributed by atoms with Gasteiger partial charge in [0.2, 0.25) is 0 Å². The minimum Gasteiger partial charge on any atom is -0.464 e. The maximum atomic E-state index is 10.7. The van der Waals surface area contributed by atoms with Crippen LogP contribution in [0.5, 0.6) is 0 Å². The Balaban J connectivity index is 3.19. The highest BCUT2D eigenvalue weighted by atomic mass is 16.4. The molecule has 1 heterocycles. The van der Waals surface area contributed by atoms with E-state index in [0.29, 0.717) is 11.5 Å². The molecule has 3 nitrogen and oxygen atoms in total. The molecule has 1 aromatic rings. The smallest absolute Gasteiger partial charge is 0.185 e. The first-order valence-electron chi connectivity index (χ1n) is 2.94. The first-order chi connectivity index (χ1) is 4.72. The Morgan fingerprint density at radius 3 is 2.80 bits per heavy atom. The summed E-state index contributed by atoms with van der Waals surface area (Å²) in [7, 11) is 0. The summed E-state index contributed by atoms with van der Waals surface area (Å²) >= 11 is 0. The van der Waals surface area contributed by atoms with Gasteiger partial charge in [-0.15, -0.1) is 0 Å². The van der Waals surface area contributed by atoms with Crippen LogP contribution in [-0.2, 0) is 6.61 Å². The minimum absolute atomic E-state index is 0.132. The molecule has 3 heteroatoms. The third kappa shape index (κ3) is 1.45. The highest BCUT2D eigenvalue weighted by Gasteiger charge is 1.95. The fraction of sp³-hybridized carbons (Fsp3) is 0.286. The molecule has 0 bridgehead atoms. The zero-order chi connectivity index (χ0) is 7.56. The van der Waals surface area contributed by atoms with Gasteiger partial charge < -0.3 is 9.52 Å². The molecule has 0 radical (unpaired) electrons. The lowest BCUT2D eigenvalue weighted by Crippen LogP contribution is -2.00. The molecule has 10 heavy (non-hydrogen) atoms. The summed E-state index contributed by atoms with van der Waals surface area (Å²) in [5, 5.41) is 8.55. The molecule has 0 fully saturated rings. The third-order valence-electron chi connectivity index (χ3n) is 1.10. The molecular formula is C7H8O3. The van der Waals surface area contributed by atoms with E-state index in [2.05, 4.69) is 0 Å². The number of aryl methyl sites for hydroxylation is 1. The van der Waals surface area contributed by atoms with Crippen LogP contribution < -0.4 is 5.43 Å². The van der Waals surface area contributed by atoms with Crippen LogP contribution in [-0.4, -0.2) is 5.11 Å². The second kappa shape index (κ2) is 2.66. The molecule has 1 rings (SSSR count). The van der Waals surface area contributed by atoms with Crippen LogP contribution in [0.1, 0.15) is 11.5 Å². The molecule has 0 unspecified atom stereocenters. The summed E-state index contributed by atoms with van der Waals surface area (Å²) in [5.74, 6) is 0.835. The lowest BCUT2D eigenvalue weighted by molar-refractivity contribution is 0.240. The van der Waals surface area contributed by atoms with Crippen molar-refractivity contribution in [3.63, 3.8) is 0 Å². The zero-order valence-corrected chi connectivity index (χ0v) is 5.63. The summed E-state index contributed by atoms with van der Waals surface area (Å²) in [6.45, 7) is 1.44. The SMILES string of the molecule is Cc1cc(=O)cc(CO)o1. The van der Waals surface area contributed by atoms with Gasteiger partial charge in [-0.2, -0.15) is 0 Å². The van der Waals surface area contributed by atoms with Gasteiger partial charge >= 0.3 is 0 Å². The Kier molecular flexibility index (Phi) is 1.87. The van der Waals surface area contributed by atoms with Crippen LogP contribution in [0.25, 0.3) is 0 Å². The van der Waals surface area contributed by atoms with Crippen molar-refractivity contribution in [2.75, 3.05) is 0 Å². The average Bonchev–Trinajstić information content (AvgIpc) is 1.85. The van der Waals surface area contributed by atoms with Crippen molar-refractivity contribution >= 4 is 0 Å². The Bertz CT molecular complexity index is 274. The van der Waals surface area contributed by atoms with Gasteiger partial charge in [-0.3, -0.25) is 4.79 Å². The van der Waals surface area contributed by atoms with Crippen molar-refractivity contribution in [3.05, 3.63) is 33.9 Å². The first kappa shape index (κ1) is 7.02. The Morgan fingerprint density at radius 2 is 2.30 bits per heavy atom. The standard InChI is InChI=1S/C7H8O3/c1-5-2-6(9)3-7(4-8)10-5/h2-3,8H,4H2,1H3. The maximum Gasteiger partial charge on any atom is 0.185 e. The number of aliphatic hydroxyl groups is 1. The highest BCUT2D eigenvalue weighted by Crippen LogP contribution is 1.98. The number of hydrogen-bond acceptors (Lipinski definition) is 3. The molecular weight excluding hydrogens is 132 g/mol. The molecule has 0 spiro atoms. The first-order valence-corrected chi connectivity index (χ1v) is 2.94. The van der Waals surface area contributed by atoms with E-state index in [4.69, 9.17) is 9.52 Å². The lowest BCUT2D eigenvalue weighted by Gasteiger charge is -1.94. The quantitative estimate of drug-likeness (QED) is 0.615. The van der Waals surface area contributed by atoms with Crippen molar-refractivity contribution < 1.29 is 9.52 Å². The summed E-state index contributed by atoms with van der Waals surface area (Å²) in [6, 6.07) is 2.64. The number of aliphatic hydroxyl groups excluding tert-OH is 1. The van der Waals surface area contributed by atoms with Crippen molar-refractivity contribution in [3.8, 4) is 0 Å². The molecule has 0 amide bonds. The van der Waals surface area contributed by atoms with Gasteiger partial charge in [0.05, 0.1) is 0 Å². The summed E-state index contributed by atoms with van der Waals surface area (Å²) in [5.41, 5.74) is -0.132. The van der Waals surface area contributed by atoms with Gasteiger partial charge in [0.15, 0.2) is 5.43 Å². The van der Waals surface area contributed by atoms with Crippen molar-refractivity contribution in [2.45, 2.75) is 13.5 Å². The van der Waals surface area contributed by atoms with E-state index in [-0.39, 0.29) is 12.0 Å². The fourth-order valence-electron chi connectivity index (χ4n) is 0.744. The van der Waals surface area contributed by atoms with E-state index < -0.39 is 0 Å². The van der Waals surface area contributed by atoms with E-state index in [1.165, 1.54) is 12.1 Å². The molecule has 1 aromatic heterocycles. The summed E-state index contributed by atoms with van der Waals surface area (Å²) in [4.78, 5) is 10.7. The van der Waals surface area contributed by atoms with E-state index in [1.807, 2.05) is 0 Å². The summed E-state index contributed by atoms with van der Waals surface area (Å²) < 4.78 is 4.96. The van der Waals surface area contributed by atoms with Gasteiger partial charge in [-0.05, 0) is 6.92 Å². The van der Waals surface area contributed by atoms with Crippen LogP contribution in [0.3, 0.4) is 0 Å². The molecule has 0 atom stereocenters. The normalized spacial score (nSPS) is 9.80. The predicted molar refractivity (Wildman–Crippen MR) is 35.6 cm³/mol. The monoisotopic (exact) mass is 140 g/mol. The number of hydrogen-bond donors (Lipinski definition) is 1. The predicted octanol–water partition coefficient (Wildman–Crippen LogP) is 0.441. The van der Waals surface area contributed by atoms with Gasteiger partial charge in [0.25, 0.3) is 0 Å². The van der Waals surface area contributed by atoms with Crippen LogP contribution in [0.15, 0.2) is 21.3 Å². The van der Waals surface area contributed by atoms with Crippen LogP contribution in [0.4, 0.5) is 0 Å². The maximum absolute atomic E-state index is 10.7. The molecule has 0 aliphatic rings. The van der Waals surface area contributed by atoms with Crippen molar-refractivity contribution in [1.29, 1.82) is 0 Å². The van der Waals surface area contributed by atoms with E-state index in [9.17, 15) is 4.79 Å². The average molecular weight is 140 g/mol. The van der Waals surface area contributed by atoms with E-state index >= 15 is 0 Å². The Hall–Kier alpha value is -1.09. The molecule has 0 saturated carbocycles. The zero-order valence-electron chi connectivity index (χ0n) is 5.63. The van der Waals surface area contributed by atoms with Crippen LogP contribution >= 0.6 is 0 Å². The van der Waals surface area contributed by atoms with Crippen molar-refractivity contribution in [2.24, 2.45) is 0 Å². The van der Waals surface area contributed by atoms with Crippen LogP contribution in [0, 0.1) is 6.92 Å². The van der Waals surface area contributed by atoms with Crippen LogP contribution in [0.2, 0.25) is 0 Å². The molecule has 0 aliphatic carbocycles. The topological polar surface area (TPSA) is 50.4 Å². The third-order valence-corrected chi connectivity index (χ3v) is 1.10. The molecule has 1 N–H and O–H groups in total. The Morgan fingerprint density at radius 1 is 1.60 bits per heavy atom.